The second-order valence-corrected chi connectivity index (χ2v) is 3.85. The van der Waals surface area contributed by atoms with Gasteiger partial charge in [0, 0.05) is 23.9 Å². The van der Waals surface area contributed by atoms with Gasteiger partial charge in [0.15, 0.2) is 0 Å². The minimum atomic E-state index is 0.669. The summed E-state index contributed by atoms with van der Waals surface area (Å²) in [6.45, 7) is 0. The van der Waals surface area contributed by atoms with Crippen LogP contribution in [0.2, 0.25) is 0 Å². The molecule has 0 aliphatic heterocycles. The summed E-state index contributed by atoms with van der Waals surface area (Å²) in [4.78, 5) is 4.35. The summed E-state index contributed by atoms with van der Waals surface area (Å²) in [5, 5.41) is 1.13. The highest BCUT2D eigenvalue weighted by Gasteiger charge is 1.97. The maximum Gasteiger partial charge on any atom is 0.0858 e. The quantitative estimate of drug-likeness (QED) is 0.436. The number of unbranched alkanes of at least 4 members (excludes halogenated alkanes) is 1. The summed E-state index contributed by atoms with van der Waals surface area (Å²) < 4.78 is 0. The predicted molar refractivity (Wildman–Crippen MR) is 68.6 cm³/mol. The molecule has 1 aromatic heterocycles. The summed E-state index contributed by atoms with van der Waals surface area (Å²) in [5.74, 6) is 6.94. The van der Waals surface area contributed by atoms with Crippen molar-refractivity contribution in [3.8, 4) is 11.8 Å². The number of aromatic nitrogens is 1. The summed E-state index contributed by atoms with van der Waals surface area (Å²) in [6.07, 6.45) is 3.58. The van der Waals surface area contributed by atoms with Gasteiger partial charge in [-0.05, 0) is 18.6 Å². The molecule has 0 atom stereocenters. The molecule has 0 spiro atoms. The number of rotatable bonds is 2. The fourth-order valence-electron chi connectivity index (χ4n) is 1.52. The molecule has 0 N–H and O–H groups in total. The fraction of sp³-hybridized carbons (Fsp3) is 0.214. The van der Waals surface area contributed by atoms with Crippen molar-refractivity contribution in [3.63, 3.8) is 0 Å². The van der Waals surface area contributed by atoms with E-state index in [0.717, 1.165) is 29.3 Å². The molecule has 2 rings (SSSR count). The molecule has 0 amide bonds. The molecule has 0 fully saturated rings. The molecule has 2 heteroatoms. The lowest BCUT2D eigenvalue weighted by Crippen LogP contribution is -1.83. The normalized spacial score (nSPS) is 9.81. The zero-order chi connectivity index (χ0) is 11.2. The van der Waals surface area contributed by atoms with Gasteiger partial charge >= 0.3 is 0 Å². The molecular weight excluding hydrogens is 218 g/mol. The van der Waals surface area contributed by atoms with Crippen molar-refractivity contribution >= 4 is 22.5 Å². The number of halogens is 1. The van der Waals surface area contributed by atoms with Gasteiger partial charge in [-0.1, -0.05) is 30.0 Å². The minimum absolute atomic E-state index is 0.669. The van der Waals surface area contributed by atoms with Gasteiger partial charge in [-0.15, -0.1) is 11.6 Å². The summed E-state index contributed by atoms with van der Waals surface area (Å²) in [7, 11) is 0. The van der Waals surface area contributed by atoms with Gasteiger partial charge in [0.25, 0.3) is 0 Å². The van der Waals surface area contributed by atoms with E-state index in [0.29, 0.717) is 5.88 Å². The van der Waals surface area contributed by atoms with Crippen LogP contribution in [0.1, 0.15) is 18.4 Å². The number of para-hydroxylation sites is 1. The molecule has 1 nitrogen and oxygen atoms in total. The summed E-state index contributed by atoms with van der Waals surface area (Å²) in [5.41, 5.74) is 1.97. The number of pyridine rings is 1. The smallest absolute Gasteiger partial charge is 0.0858 e. The molecule has 0 saturated carbocycles. The van der Waals surface area contributed by atoms with Crippen LogP contribution in [0.4, 0.5) is 0 Å². The number of nitrogens with zero attached hydrogens (tertiary/aromatic N) is 1. The standard InChI is InChI=1S/C14H12ClN/c15-10-3-1-2-6-12-7-4-8-13-9-5-11-16-14(12)13/h4-5,7-9,11H,1,3,10H2. The molecule has 1 aromatic carbocycles. The lowest BCUT2D eigenvalue weighted by Gasteiger charge is -1.98. The van der Waals surface area contributed by atoms with E-state index in [4.69, 9.17) is 11.6 Å². The van der Waals surface area contributed by atoms with Crippen molar-refractivity contribution in [1.82, 2.24) is 4.98 Å². The Hall–Kier alpha value is -1.52. The van der Waals surface area contributed by atoms with Gasteiger partial charge in [0.1, 0.15) is 0 Å². The van der Waals surface area contributed by atoms with Crippen molar-refractivity contribution in [1.29, 1.82) is 0 Å². The van der Waals surface area contributed by atoms with Gasteiger partial charge in [-0.25, -0.2) is 0 Å². The Kier molecular flexibility index (Phi) is 3.80. The lowest BCUT2D eigenvalue weighted by molar-refractivity contribution is 0.991. The van der Waals surface area contributed by atoms with Gasteiger partial charge < -0.3 is 0 Å². The molecule has 0 unspecified atom stereocenters. The monoisotopic (exact) mass is 229 g/mol. The van der Waals surface area contributed by atoms with E-state index in [-0.39, 0.29) is 0 Å². The first-order valence-corrected chi connectivity index (χ1v) is 5.84. The first kappa shape index (κ1) is 11.0. The van der Waals surface area contributed by atoms with Crippen molar-refractivity contribution < 1.29 is 0 Å². The number of benzene rings is 1. The number of alkyl halides is 1. The molecule has 0 bridgehead atoms. The Morgan fingerprint density at radius 3 is 2.94 bits per heavy atom. The van der Waals surface area contributed by atoms with Crippen LogP contribution in [0.25, 0.3) is 10.9 Å². The zero-order valence-electron chi connectivity index (χ0n) is 8.91. The molecule has 0 radical (unpaired) electrons. The van der Waals surface area contributed by atoms with E-state index >= 15 is 0 Å². The van der Waals surface area contributed by atoms with Crippen molar-refractivity contribution in [2.45, 2.75) is 12.8 Å². The maximum atomic E-state index is 5.60. The first-order valence-electron chi connectivity index (χ1n) is 5.30. The Morgan fingerprint density at radius 1 is 1.19 bits per heavy atom. The molecule has 1 heterocycles. The second-order valence-electron chi connectivity index (χ2n) is 3.48. The Labute approximate surface area is 100 Å². The molecular formula is C14H12ClN. The fourth-order valence-corrected chi connectivity index (χ4v) is 1.65. The van der Waals surface area contributed by atoms with E-state index in [1.807, 2.05) is 30.3 Å². The number of hydrogen-bond donors (Lipinski definition) is 0. The van der Waals surface area contributed by atoms with Gasteiger partial charge in [0.2, 0.25) is 0 Å². The third kappa shape index (κ3) is 2.53. The Morgan fingerprint density at radius 2 is 2.06 bits per heavy atom. The topological polar surface area (TPSA) is 12.9 Å². The van der Waals surface area contributed by atoms with Crippen LogP contribution in [0.15, 0.2) is 36.5 Å². The van der Waals surface area contributed by atoms with Gasteiger partial charge in [-0.3, -0.25) is 4.98 Å². The predicted octanol–water partition coefficient (Wildman–Crippen LogP) is 3.61. The average molecular weight is 230 g/mol. The third-order valence-corrected chi connectivity index (χ3v) is 2.56. The largest absolute Gasteiger partial charge is 0.255 e. The van der Waals surface area contributed by atoms with E-state index in [2.05, 4.69) is 16.8 Å². The van der Waals surface area contributed by atoms with E-state index in [1.165, 1.54) is 0 Å². The van der Waals surface area contributed by atoms with Crippen LogP contribution >= 0.6 is 11.6 Å². The highest BCUT2D eigenvalue weighted by molar-refractivity contribution is 6.17. The second kappa shape index (κ2) is 5.53. The number of fused-ring (bicyclic) bond motifs is 1. The van der Waals surface area contributed by atoms with Crippen LogP contribution in [-0.4, -0.2) is 10.9 Å². The van der Waals surface area contributed by atoms with Gasteiger partial charge in [-0.2, -0.15) is 0 Å². The lowest BCUT2D eigenvalue weighted by atomic mass is 10.1. The minimum Gasteiger partial charge on any atom is -0.255 e. The molecule has 0 aliphatic rings. The van der Waals surface area contributed by atoms with Crippen molar-refractivity contribution in [2.24, 2.45) is 0 Å². The van der Waals surface area contributed by atoms with E-state index in [1.54, 1.807) is 6.20 Å². The highest BCUT2D eigenvalue weighted by atomic mass is 35.5. The SMILES string of the molecule is ClCCCC#Cc1cccc2cccnc12. The van der Waals surface area contributed by atoms with Crippen molar-refractivity contribution in [2.75, 3.05) is 5.88 Å². The zero-order valence-corrected chi connectivity index (χ0v) is 9.67. The van der Waals surface area contributed by atoms with Crippen LogP contribution in [0.3, 0.4) is 0 Å². The molecule has 0 aliphatic carbocycles. The van der Waals surface area contributed by atoms with E-state index < -0.39 is 0 Å². The van der Waals surface area contributed by atoms with Crippen LogP contribution in [0.5, 0.6) is 0 Å². The van der Waals surface area contributed by atoms with Gasteiger partial charge in [0.05, 0.1) is 11.1 Å². The summed E-state index contributed by atoms with van der Waals surface area (Å²) >= 11 is 5.60. The maximum absolute atomic E-state index is 5.60. The van der Waals surface area contributed by atoms with Crippen LogP contribution in [-0.2, 0) is 0 Å². The molecule has 80 valence electrons. The third-order valence-electron chi connectivity index (χ3n) is 2.29. The summed E-state index contributed by atoms with van der Waals surface area (Å²) in [6, 6.07) is 10.0. The Balaban J connectivity index is 2.32. The van der Waals surface area contributed by atoms with Crippen LogP contribution < -0.4 is 0 Å². The van der Waals surface area contributed by atoms with E-state index in [9.17, 15) is 0 Å². The molecule has 2 aromatic rings. The number of hydrogen-bond acceptors (Lipinski definition) is 1. The molecule has 0 saturated heterocycles. The Bertz CT molecular complexity index is 532. The average Bonchev–Trinajstić information content (AvgIpc) is 2.35. The molecule has 16 heavy (non-hydrogen) atoms. The van der Waals surface area contributed by atoms with Crippen LogP contribution in [0, 0.1) is 11.8 Å². The first-order chi connectivity index (χ1) is 7.92. The van der Waals surface area contributed by atoms with Crippen molar-refractivity contribution in [3.05, 3.63) is 42.1 Å². The highest BCUT2D eigenvalue weighted by Crippen LogP contribution is 2.14.